The highest BCUT2D eigenvalue weighted by atomic mass is 32.2. The maximum atomic E-state index is 13.3. The number of hydrogen-bond acceptors (Lipinski definition) is 5. The second-order valence-electron chi connectivity index (χ2n) is 5.03. The molecule has 1 aromatic carbocycles. The van der Waals surface area contributed by atoms with E-state index in [0.29, 0.717) is 31.9 Å². The van der Waals surface area contributed by atoms with Crippen molar-refractivity contribution < 1.29 is 22.7 Å². The Morgan fingerprint density at radius 1 is 1.38 bits per heavy atom. The lowest BCUT2D eigenvalue weighted by Crippen LogP contribution is -2.35. The van der Waals surface area contributed by atoms with Crippen molar-refractivity contribution in [3.05, 3.63) is 24.3 Å². The van der Waals surface area contributed by atoms with Crippen LogP contribution in [0, 0.1) is 0 Å². The largest absolute Gasteiger partial charge is 0.492 e. The first kappa shape index (κ1) is 16.2. The molecule has 0 radical (unpaired) electrons. The first-order valence-electron chi connectivity index (χ1n) is 6.65. The fourth-order valence-electron chi connectivity index (χ4n) is 2.39. The molecule has 8 heteroatoms. The SMILES string of the molecule is NS(=O)(=O)c1ccc(OCCN2C[C@@H](F)C[C@H]2CO)cc1. The molecule has 1 aromatic rings. The van der Waals surface area contributed by atoms with E-state index in [4.69, 9.17) is 15.0 Å². The van der Waals surface area contributed by atoms with Crippen molar-refractivity contribution in [1.82, 2.24) is 4.90 Å². The van der Waals surface area contributed by atoms with Crippen LogP contribution in [0.2, 0.25) is 0 Å². The Hall–Kier alpha value is -1.22. The summed E-state index contributed by atoms with van der Waals surface area (Å²) >= 11 is 0. The predicted octanol–water partition coefficient (Wildman–Crippen LogP) is 0.118. The summed E-state index contributed by atoms with van der Waals surface area (Å²) in [5, 5.41) is 14.2. The van der Waals surface area contributed by atoms with Crippen LogP contribution < -0.4 is 9.88 Å². The van der Waals surface area contributed by atoms with Crippen LogP contribution in [0.25, 0.3) is 0 Å². The highest BCUT2D eigenvalue weighted by Crippen LogP contribution is 2.20. The number of rotatable bonds is 6. The number of nitrogens with two attached hydrogens (primary N) is 1. The van der Waals surface area contributed by atoms with Gasteiger partial charge in [-0.05, 0) is 30.7 Å². The average molecular weight is 318 g/mol. The van der Waals surface area contributed by atoms with E-state index < -0.39 is 16.2 Å². The smallest absolute Gasteiger partial charge is 0.238 e. The van der Waals surface area contributed by atoms with Crippen LogP contribution in [0.1, 0.15) is 6.42 Å². The van der Waals surface area contributed by atoms with Crippen LogP contribution in [0.4, 0.5) is 4.39 Å². The van der Waals surface area contributed by atoms with E-state index in [2.05, 4.69) is 0 Å². The van der Waals surface area contributed by atoms with Crippen LogP contribution in [-0.2, 0) is 10.0 Å². The fraction of sp³-hybridized carbons (Fsp3) is 0.538. The Balaban J connectivity index is 1.84. The van der Waals surface area contributed by atoms with E-state index in [9.17, 15) is 12.8 Å². The minimum Gasteiger partial charge on any atom is -0.492 e. The van der Waals surface area contributed by atoms with Crippen molar-refractivity contribution in [3.63, 3.8) is 0 Å². The van der Waals surface area contributed by atoms with E-state index >= 15 is 0 Å². The van der Waals surface area contributed by atoms with Gasteiger partial charge >= 0.3 is 0 Å². The molecule has 2 atom stereocenters. The Kier molecular flexibility index (Phi) is 5.15. The molecule has 0 aromatic heterocycles. The second kappa shape index (κ2) is 6.69. The van der Waals surface area contributed by atoms with Crippen LogP contribution >= 0.6 is 0 Å². The number of ether oxygens (including phenoxy) is 1. The molecule has 0 saturated carbocycles. The molecular formula is C13H19FN2O4S. The Morgan fingerprint density at radius 2 is 2.05 bits per heavy atom. The van der Waals surface area contributed by atoms with Gasteiger partial charge in [-0.3, -0.25) is 4.90 Å². The number of likely N-dealkylation sites (tertiary alicyclic amines) is 1. The van der Waals surface area contributed by atoms with Gasteiger partial charge in [0.05, 0.1) is 11.5 Å². The summed E-state index contributed by atoms with van der Waals surface area (Å²) in [5.41, 5.74) is 0. The van der Waals surface area contributed by atoms with Gasteiger partial charge < -0.3 is 9.84 Å². The van der Waals surface area contributed by atoms with E-state index in [1.807, 2.05) is 4.90 Å². The number of halogens is 1. The molecule has 0 spiro atoms. The lowest BCUT2D eigenvalue weighted by atomic mass is 10.2. The van der Waals surface area contributed by atoms with E-state index in [1.165, 1.54) is 24.3 Å². The maximum Gasteiger partial charge on any atom is 0.238 e. The summed E-state index contributed by atoms with van der Waals surface area (Å²) in [6.07, 6.45) is -0.560. The van der Waals surface area contributed by atoms with Gasteiger partial charge in [0.2, 0.25) is 10.0 Å². The quantitative estimate of drug-likeness (QED) is 0.777. The van der Waals surface area contributed by atoms with Crippen molar-refractivity contribution in [2.24, 2.45) is 5.14 Å². The number of alkyl halides is 1. The molecule has 118 valence electrons. The summed E-state index contributed by atoms with van der Waals surface area (Å²) in [7, 11) is -3.70. The van der Waals surface area contributed by atoms with Crippen LogP contribution in [0.3, 0.4) is 0 Å². The van der Waals surface area contributed by atoms with E-state index in [0.717, 1.165) is 0 Å². The van der Waals surface area contributed by atoms with Crippen molar-refractivity contribution in [2.75, 3.05) is 26.3 Å². The zero-order valence-corrected chi connectivity index (χ0v) is 12.3. The van der Waals surface area contributed by atoms with Gasteiger partial charge in [-0.1, -0.05) is 0 Å². The molecule has 3 N–H and O–H groups in total. The summed E-state index contributed by atoms with van der Waals surface area (Å²) in [4.78, 5) is 1.87. The molecule has 2 rings (SSSR count). The zero-order chi connectivity index (χ0) is 15.5. The molecule has 1 aliphatic rings. The molecule has 6 nitrogen and oxygen atoms in total. The highest BCUT2D eigenvalue weighted by molar-refractivity contribution is 7.89. The number of primary sulfonamides is 1. The van der Waals surface area contributed by atoms with Crippen molar-refractivity contribution >= 4 is 10.0 Å². The minimum atomic E-state index is -3.70. The van der Waals surface area contributed by atoms with Crippen molar-refractivity contribution in [3.8, 4) is 5.75 Å². The minimum absolute atomic E-state index is 0.0232. The standard InChI is InChI=1S/C13H19FN2O4S/c14-10-7-11(9-17)16(8-10)5-6-20-12-1-3-13(4-2-12)21(15,18)19/h1-4,10-11,17H,5-9H2,(H2,15,18,19)/t10-,11-/m0/s1. The Bertz CT molecular complexity index is 564. The first-order chi connectivity index (χ1) is 9.90. The van der Waals surface area contributed by atoms with Crippen LogP contribution in [0.15, 0.2) is 29.2 Å². The molecule has 1 fully saturated rings. The molecular weight excluding hydrogens is 299 g/mol. The lowest BCUT2D eigenvalue weighted by Gasteiger charge is -2.22. The summed E-state index contributed by atoms with van der Waals surface area (Å²) < 4.78 is 40.9. The lowest BCUT2D eigenvalue weighted by molar-refractivity contribution is 0.138. The molecule has 1 aliphatic heterocycles. The third-order valence-electron chi connectivity index (χ3n) is 3.49. The third kappa shape index (κ3) is 4.37. The van der Waals surface area contributed by atoms with Gasteiger partial charge in [0.15, 0.2) is 0 Å². The summed E-state index contributed by atoms with van der Waals surface area (Å²) in [6, 6.07) is 5.62. The van der Waals surface area contributed by atoms with Gasteiger partial charge in [0.1, 0.15) is 18.5 Å². The van der Waals surface area contributed by atoms with Gasteiger partial charge in [-0.15, -0.1) is 0 Å². The third-order valence-corrected chi connectivity index (χ3v) is 4.42. The van der Waals surface area contributed by atoms with Gasteiger partial charge in [-0.25, -0.2) is 17.9 Å². The summed E-state index contributed by atoms with van der Waals surface area (Å²) in [5.74, 6) is 0.513. The molecule has 0 unspecified atom stereocenters. The number of benzene rings is 1. The molecule has 0 bridgehead atoms. The number of hydrogen-bond donors (Lipinski definition) is 2. The Labute approximate surface area is 123 Å². The Morgan fingerprint density at radius 3 is 2.62 bits per heavy atom. The molecule has 1 heterocycles. The van der Waals surface area contributed by atoms with Gasteiger partial charge in [-0.2, -0.15) is 0 Å². The van der Waals surface area contributed by atoms with Gasteiger partial charge in [0, 0.05) is 19.1 Å². The van der Waals surface area contributed by atoms with Crippen molar-refractivity contribution in [1.29, 1.82) is 0 Å². The van der Waals surface area contributed by atoms with Gasteiger partial charge in [0.25, 0.3) is 0 Å². The predicted molar refractivity (Wildman–Crippen MR) is 75.3 cm³/mol. The number of aliphatic hydroxyl groups is 1. The fourth-order valence-corrected chi connectivity index (χ4v) is 2.91. The second-order valence-corrected chi connectivity index (χ2v) is 6.59. The number of aliphatic hydroxyl groups excluding tert-OH is 1. The van der Waals surface area contributed by atoms with Crippen LogP contribution in [0.5, 0.6) is 5.75 Å². The average Bonchev–Trinajstić information content (AvgIpc) is 2.79. The number of nitrogens with zero attached hydrogens (tertiary/aromatic N) is 1. The van der Waals surface area contributed by atoms with E-state index in [-0.39, 0.29) is 17.5 Å². The zero-order valence-electron chi connectivity index (χ0n) is 11.5. The van der Waals surface area contributed by atoms with Crippen LogP contribution in [-0.4, -0.2) is 56.9 Å². The summed E-state index contributed by atoms with van der Waals surface area (Å²) in [6.45, 7) is 1.07. The molecule has 1 saturated heterocycles. The normalized spacial score (nSPS) is 23.4. The molecule has 0 amide bonds. The topological polar surface area (TPSA) is 92.9 Å². The van der Waals surface area contributed by atoms with Crippen molar-refractivity contribution in [2.45, 2.75) is 23.5 Å². The molecule has 21 heavy (non-hydrogen) atoms. The monoisotopic (exact) mass is 318 g/mol. The van der Waals surface area contributed by atoms with E-state index in [1.54, 1.807) is 0 Å². The first-order valence-corrected chi connectivity index (χ1v) is 8.19. The number of sulfonamides is 1. The maximum absolute atomic E-state index is 13.3. The molecule has 0 aliphatic carbocycles. The highest BCUT2D eigenvalue weighted by Gasteiger charge is 2.31.